The number of nitrogens with zero attached hydrogens (tertiary/aromatic N) is 2. The quantitative estimate of drug-likeness (QED) is 0.636. The minimum Gasteiger partial charge on any atom is -0.359 e. The minimum absolute atomic E-state index is 0.155. The normalized spacial score (nSPS) is 24.1. The summed E-state index contributed by atoms with van der Waals surface area (Å²) >= 11 is 0. The van der Waals surface area contributed by atoms with Gasteiger partial charge in [0.05, 0.1) is 0 Å². The number of piperidine rings is 1. The van der Waals surface area contributed by atoms with Crippen LogP contribution < -0.4 is 10.6 Å². The number of guanidine groups is 1. The first-order chi connectivity index (χ1) is 12.2. The number of amides is 1. The molecule has 2 unspecified atom stereocenters. The third-order valence-corrected chi connectivity index (χ3v) is 5.46. The lowest BCUT2D eigenvalue weighted by Gasteiger charge is -2.34. The summed E-state index contributed by atoms with van der Waals surface area (Å²) < 4.78 is 0. The molecule has 1 saturated carbocycles. The van der Waals surface area contributed by atoms with Crippen LogP contribution in [0, 0.1) is 11.8 Å². The lowest BCUT2D eigenvalue weighted by molar-refractivity contribution is -0.121. The van der Waals surface area contributed by atoms with E-state index in [2.05, 4.69) is 50.9 Å². The number of aliphatic imine (C=N–C) groups is 1. The average Bonchev–Trinajstić information content (AvgIpc) is 3.38. The van der Waals surface area contributed by atoms with Crippen LogP contribution in [0.1, 0.15) is 31.2 Å². The van der Waals surface area contributed by atoms with Crippen molar-refractivity contribution in [3.05, 3.63) is 35.9 Å². The summed E-state index contributed by atoms with van der Waals surface area (Å²) in [5, 5.41) is 6.37. The molecule has 0 spiro atoms. The highest BCUT2D eigenvalue weighted by Gasteiger charge is 2.38. The van der Waals surface area contributed by atoms with Crippen molar-refractivity contribution in [3.63, 3.8) is 0 Å². The molecule has 3 rings (SSSR count). The van der Waals surface area contributed by atoms with E-state index in [1.165, 1.54) is 12.0 Å². The van der Waals surface area contributed by atoms with Gasteiger partial charge in [0.25, 0.3) is 0 Å². The first-order valence-corrected chi connectivity index (χ1v) is 9.42. The summed E-state index contributed by atoms with van der Waals surface area (Å²) in [6.07, 6.45) is 5.14. The molecule has 0 radical (unpaired) electrons. The van der Waals surface area contributed by atoms with Crippen LogP contribution >= 0.6 is 0 Å². The Kier molecular flexibility index (Phi) is 5.95. The maximum Gasteiger partial charge on any atom is 0.220 e. The van der Waals surface area contributed by atoms with Crippen molar-refractivity contribution in [2.24, 2.45) is 16.8 Å². The third-order valence-electron chi connectivity index (χ3n) is 5.46. The van der Waals surface area contributed by atoms with E-state index in [0.29, 0.717) is 24.3 Å². The summed E-state index contributed by atoms with van der Waals surface area (Å²) in [7, 11) is 3.58. The van der Waals surface area contributed by atoms with Crippen LogP contribution in [0.4, 0.5) is 0 Å². The van der Waals surface area contributed by atoms with Gasteiger partial charge in [-0.25, -0.2) is 0 Å². The Hall–Kier alpha value is -2.04. The standard InChI is InChI=1S/C20H30N4O/c1-21-19(25)13-16-8-10-24(11-9-16)20(22-2)23-18-14-17(18)12-15-6-4-3-5-7-15/h3-7,16-18H,8-14H2,1-2H3,(H,21,25)(H,22,23). The predicted molar refractivity (Wildman–Crippen MR) is 102 cm³/mol. The lowest BCUT2D eigenvalue weighted by Crippen LogP contribution is -2.47. The topological polar surface area (TPSA) is 56.7 Å². The molecule has 5 heteroatoms. The van der Waals surface area contributed by atoms with Crippen LogP contribution in [0.25, 0.3) is 0 Å². The van der Waals surface area contributed by atoms with Crippen molar-refractivity contribution in [2.45, 2.75) is 38.1 Å². The number of hydrogen-bond donors (Lipinski definition) is 2. The van der Waals surface area contributed by atoms with E-state index >= 15 is 0 Å². The summed E-state index contributed by atoms with van der Waals surface area (Å²) in [6.45, 7) is 1.97. The van der Waals surface area contributed by atoms with Gasteiger partial charge < -0.3 is 15.5 Å². The van der Waals surface area contributed by atoms with Crippen molar-refractivity contribution >= 4 is 11.9 Å². The molecule has 25 heavy (non-hydrogen) atoms. The fourth-order valence-corrected chi connectivity index (χ4v) is 3.74. The summed E-state index contributed by atoms with van der Waals surface area (Å²) in [5.41, 5.74) is 1.42. The average molecular weight is 342 g/mol. The number of likely N-dealkylation sites (tertiary alicyclic amines) is 1. The largest absolute Gasteiger partial charge is 0.359 e. The molecular formula is C20H30N4O. The van der Waals surface area contributed by atoms with Crippen molar-refractivity contribution in [3.8, 4) is 0 Å². The molecule has 0 bridgehead atoms. The molecule has 0 aromatic heterocycles. The number of carbonyl (C=O) groups is 1. The molecule has 1 aliphatic heterocycles. The molecular weight excluding hydrogens is 312 g/mol. The van der Waals surface area contributed by atoms with E-state index in [-0.39, 0.29) is 5.91 Å². The monoisotopic (exact) mass is 342 g/mol. The van der Waals surface area contributed by atoms with Gasteiger partial charge in [0.2, 0.25) is 5.91 Å². The highest BCUT2D eigenvalue weighted by atomic mass is 16.1. The molecule has 1 aliphatic carbocycles. The maximum absolute atomic E-state index is 11.5. The Bertz CT molecular complexity index is 593. The van der Waals surface area contributed by atoms with Gasteiger partial charge in [-0.15, -0.1) is 0 Å². The van der Waals surface area contributed by atoms with Crippen LogP contribution in [-0.2, 0) is 11.2 Å². The second kappa shape index (κ2) is 8.37. The fourth-order valence-electron chi connectivity index (χ4n) is 3.74. The number of benzene rings is 1. The lowest BCUT2D eigenvalue weighted by atomic mass is 9.93. The SMILES string of the molecule is CN=C(NC1CC1Cc1ccccc1)N1CCC(CC(=O)NC)CC1. The third kappa shape index (κ3) is 4.97. The van der Waals surface area contributed by atoms with E-state index in [0.717, 1.165) is 38.3 Å². The van der Waals surface area contributed by atoms with Gasteiger partial charge in [-0.1, -0.05) is 30.3 Å². The van der Waals surface area contributed by atoms with Gasteiger partial charge in [0, 0.05) is 39.6 Å². The highest BCUT2D eigenvalue weighted by Crippen LogP contribution is 2.34. The van der Waals surface area contributed by atoms with Crippen molar-refractivity contribution < 1.29 is 4.79 Å². The van der Waals surface area contributed by atoms with E-state index in [9.17, 15) is 4.79 Å². The van der Waals surface area contributed by atoms with Gasteiger partial charge >= 0.3 is 0 Å². The number of carbonyl (C=O) groups excluding carboxylic acids is 1. The zero-order chi connectivity index (χ0) is 17.6. The van der Waals surface area contributed by atoms with Crippen LogP contribution in [0.15, 0.2) is 35.3 Å². The van der Waals surface area contributed by atoms with Crippen molar-refractivity contribution in [1.29, 1.82) is 0 Å². The van der Waals surface area contributed by atoms with Crippen LogP contribution in [-0.4, -0.2) is 50.0 Å². The molecule has 1 heterocycles. The number of rotatable bonds is 5. The minimum atomic E-state index is 0.155. The van der Waals surface area contributed by atoms with Gasteiger partial charge in [-0.2, -0.15) is 0 Å². The molecule has 136 valence electrons. The molecule has 1 aromatic carbocycles. The van der Waals surface area contributed by atoms with E-state index < -0.39 is 0 Å². The van der Waals surface area contributed by atoms with Gasteiger partial charge in [0.15, 0.2) is 5.96 Å². The first kappa shape index (κ1) is 17.8. The molecule has 1 saturated heterocycles. The summed E-state index contributed by atoms with van der Waals surface area (Å²) in [6, 6.07) is 11.3. The van der Waals surface area contributed by atoms with Crippen LogP contribution in [0.5, 0.6) is 0 Å². The molecule has 2 atom stereocenters. The Morgan fingerprint density at radius 3 is 2.60 bits per heavy atom. The van der Waals surface area contributed by atoms with Crippen LogP contribution in [0.3, 0.4) is 0 Å². The van der Waals surface area contributed by atoms with Crippen molar-refractivity contribution in [1.82, 2.24) is 15.5 Å². The highest BCUT2D eigenvalue weighted by molar-refractivity contribution is 5.80. The summed E-state index contributed by atoms with van der Waals surface area (Å²) in [4.78, 5) is 18.4. The number of nitrogens with one attached hydrogen (secondary N) is 2. The van der Waals surface area contributed by atoms with Gasteiger partial charge in [-0.05, 0) is 43.1 Å². The Morgan fingerprint density at radius 2 is 1.96 bits per heavy atom. The van der Waals surface area contributed by atoms with E-state index in [4.69, 9.17) is 0 Å². The Labute approximate surface area is 150 Å². The van der Waals surface area contributed by atoms with E-state index in [1.807, 2.05) is 7.05 Å². The second-order valence-corrected chi connectivity index (χ2v) is 7.29. The molecule has 5 nitrogen and oxygen atoms in total. The van der Waals surface area contributed by atoms with Crippen molar-refractivity contribution in [2.75, 3.05) is 27.2 Å². The fraction of sp³-hybridized carbons (Fsp3) is 0.600. The molecule has 1 amide bonds. The first-order valence-electron chi connectivity index (χ1n) is 9.42. The molecule has 2 N–H and O–H groups in total. The van der Waals surface area contributed by atoms with Crippen LogP contribution in [0.2, 0.25) is 0 Å². The van der Waals surface area contributed by atoms with Gasteiger partial charge in [-0.3, -0.25) is 9.79 Å². The Morgan fingerprint density at radius 1 is 1.24 bits per heavy atom. The molecule has 1 aromatic rings. The molecule has 2 aliphatic rings. The maximum atomic E-state index is 11.5. The molecule has 2 fully saturated rings. The smallest absolute Gasteiger partial charge is 0.220 e. The Balaban J connectivity index is 1.43. The number of hydrogen-bond acceptors (Lipinski definition) is 2. The van der Waals surface area contributed by atoms with E-state index in [1.54, 1.807) is 7.05 Å². The predicted octanol–water partition coefficient (Wildman–Crippen LogP) is 2.04. The summed E-state index contributed by atoms with van der Waals surface area (Å²) in [5.74, 6) is 2.40. The second-order valence-electron chi connectivity index (χ2n) is 7.29. The zero-order valence-electron chi connectivity index (χ0n) is 15.4. The van der Waals surface area contributed by atoms with Gasteiger partial charge in [0.1, 0.15) is 0 Å². The zero-order valence-corrected chi connectivity index (χ0v) is 15.4.